The van der Waals surface area contributed by atoms with Crippen LogP contribution in [0.3, 0.4) is 0 Å². The van der Waals surface area contributed by atoms with Gasteiger partial charge in [0.2, 0.25) is 0 Å². The van der Waals surface area contributed by atoms with Crippen molar-refractivity contribution in [2.75, 3.05) is 11.9 Å². The lowest BCUT2D eigenvalue weighted by atomic mass is 9.96. The van der Waals surface area contributed by atoms with Gasteiger partial charge in [0.15, 0.2) is 5.78 Å². The maximum Gasteiger partial charge on any atom is 0.165 e. The van der Waals surface area contributed by atoms with Gasteiger partial charge in [-0.15, -0.1) is 0 Å². The van der Waals surface area contributed by atoms with Crippen LogP contribution in [0.5, 0.6) is 5.75 Å². The van der Waals surface area contributed by atoms with Crippen LogP contribution in [0.1, 0.15) is 40.9 Å². The van der Waals surface area contributed by atoms with Crippen molar-refractivity contribution in [3.63, 3.8) is 0 Å². The molecular weight excluding hydrogens is 382 g/mol. The Bertz CT molecular complexity index is 1160. The van der Waals surface area contributed by atoms with Gasteiger partial charge in [-0.05, 0) is 60.5 Å². The number of rotatable bonds is 8. The first kappa shape index (κ1) is 20.7. The summed E-state index contributed by atoms with van der Waals surface area (Å²) in [6.07, 6.45) is 0.361. The zero-order valence-electron chi connectivity index (χ0n) is 18.0. The molecular formula is C28H27NO2. The van der Waals surface area contributed by atoms with Crippen molar-refractivity contribution in [3.8, 4) is 5.75 Å². The quantitative estimate of drug-likeness (QED) is 0.319. The molecule has 0 bridgehead atoms. The fourth-order valence-corrected chi connectivity index (χ4v) is 3.73. The Morgan fingerprint density at radius 1 is 0.871 bits per heavy atom. The van der Waals surface area contributed by atoms with Gasteiger partial charge in [-0.25, -0.2) is 0 Å². The molecule has 156 valence electrons. The number of ether oxygens (including phenoxy) is 1. The molecule has 4 aromatic carbocycles. The van der Waals surface area contributed by atoms with E-state index in [2.05, 4.69) is 42.6 Å². The van der Waals surface area contributed by atoms with Crippen LogP contribution in [-0.4, -0.2) is 12.4 Å². The Labute approximate surface area is 183 Å². The number of fused-ring (bicyclic) bond motifs is 1. The normalized spacial score (nSPS) is 11.8. The van der Waals surface area contributed by atoms with E-state index in [9.17, 15) is 4.79 Å². The summed E-state index contributed by atoms with van der Waals surface area (Å²) in [4.78, 5) is 13.2. The monoisotopic (exact) mass is 409 g/mol. The fraction of sp³-hybridized carbons (Fsp3) is 0.179. The number of carbonyl (C=O) groups is 1. The summed E-state index contributed by atoms with van der Waals surface area (Å²) in [6, 6.07) is 30.1. The molecule has 0 aliphatic heterocycles. The summed E-state index contributed by atoms with van der Waals surface area (Å²) in [5.41, 5.74) is 3.99. The first-order valence-corrected chi connectivity index (χ1v) is 10.7. The summed E-state index contributed by atoms with van der Waals surface area (Å²) in [7, 11) is 0. The highest BCUT2D eigenvalue weighted by Crippen LogP contribution is 2.27. The number of hydrogen-bond donors (Lipinski definition) is 1. The van der Waals surface area contributed by atoms with E-state index in [1.54, 1.807) is 0 Å². The van der Waals surface area contributed by atoms with Crippen LogP contribution >= 0.6 is 0 Å². The van der Waals surface area contributed by atoms with Gasteiger partial charge in [0.05, 0.1) is 12.6 Å². The average molecular weight is 410 g/mol. The van der Waals surface area contributed by atoms with Crippen molar-refractivity contribution in [3.05, 3.63) is 108 Å². The smallest absolute Gasteiger partial charge is 0.165 e. The van der Waals surface area contributed by atoms with E-state index in [0.717, 1.165) is 33.3 Å². The lowest BCUT2D eigenvalue weighted by Gasteiger charge is -2.21. The molecule has 1 N–H and O–H groups in total. The topological polar surface area (TPSA) is 38.3 Å². The maximum atomic E-state index is 13.2. The number of Topliss-reactive ketones (excluding diaryl/α,β-unsaturated/α-hetero) is 1. The number of nitrogens with one attached hydrogen (secondary N) is 1. The predicted octanol–water partition coefficient (Wildman–Crippen LogP) is 6.97. The van der Waals surface area contributed by atoms with Gasteiger partial charge < -0.3 is 10.1 Å². The van der Waals surface area contributed by atoms with E-state index in [1.165, 1.54) is 5.56 Å². The molecule has 0 aliphatic rings. The standard InChI is InChI=1S/C28H27NO2/c1-3-31-26-16-12-22(13-17-26)27(29-25-14-8-20(2)9-15-25)19-28(30)24-11-10-21-6-4-5-7-23(21)18-24/h4-18,27,29H,3,19H2,1-2H3. The lowest BCUT2D eigenvalue weighted by molar-refractivity contribution is 0.0976. The highest BCUT2D eigenvalue weighted by atomic mass is 16.5. The van der Waals surface area contributed by atoms with E-state index in [0.29, 0.717) is 13.0 Å². The summed E-state index contributed by atoms with van der Waals surface area (Å²) >= 11 is 0. The molecule has 0 radical (unpaired) electrons. The minimum Gasteiger partial charge on any atom is -0.494 e. The van der Waals surface area contributed by atoms with Crippen molar-refractivity contribution < 1.29 is 9.53 Å². The van der Waals surface area contributed by atoms with Crippen molar-refractivity contribution in [1.29, 1.82) is 0 Å². The summed E-state index contributed by atoms with van der Waals surface area (Å²) in [6.45, 7) is 4.67. The summed E-state index contributed by atoms with van der Waals surface area (Å²) < 4.78 is 5.58. The third kappa shape index (κ3) is 5.13. The van der Waals surface area contributed by atoms with Crippen LogP contribution in [0.4, 0.5) is 5.69 Å². The highest BCUT2D eigenvalue weighted by molar-refractivity contribution is 6.00. The van der Waals surface area contributed by atoms with Crippen LogP contribution < -0.4 is 10.1 Å². The van der Waals surface area contributed by atoms with Gasteiger partial charge in [-0.2, -0.15) is 0 Å². The molecule has 0 spiro atoms. The second-order valence-corrected chi connectivity index (χ2v) is 7.75. The molecule has 0 amide bonds. The Balaban J connectivity index is 1.60. The van der Waals surface area contributed by atoms with Gasteiger partial charge in [0.25, 0.3) is 0 Å². The number of hydrogen-bond acceptors (Lipinski definition) is 3. The number of carbonyl (C=O) groups excluding carboxylic acids is 1. The van der Waals surface area contributed by atoms with Crippen molar-refractivity contribution >= 4 is 22.2 Å². The molecule has 4 aromatic rings. The van der Waals surface area contributed by atoms with Gasteiger partial charge in [0, 0.05) is 17.7 Å². The van der Waals surface area contributed by atoms with E-state index in [1.807, 2.05) is 67.6 Å². The minimum atomic E-state index is -0.141. The second kappa shape index (κ2) is 9.48. The molecule has 0 aliphatic carbocycles. The maximum absolute atomic E-state index is 13.2. The van der Waals surface area contributed by atoms with E-state index in [4.69, 9.17) is 4.74 Å². The van der Waals surface area contributed by atoms with Crippen molar-refractivity contribution in [1.82, 2.24) is 0 Å². The van der Waals surface area contributed by atoms with Crippen LogP contribution in [0.25, 0.3) is 10.8 Å². The number of benzene rings is 4. The van der Waals surface area contributed by atoms with Gasteiger partial charge >= 0.3 is 0 Å². The predicted molar refractivity (Wildman–Crippen MR) is 128 cm³/mol. The number of anilines is 1. The van der Waals surface area contributed by atoms with E-state index < -0.39 is 0 Å². The lowest BCUT2D eigenvalue weighted by Crippen LogP contribution is -2.16. The fourth-order valence-electron chi connectivity index (χ4n) is 3.73. The zero-order chi connectivity index (χ0) is 21.6. The molecule has 0 saturated heterocycles. The first-order chi connectivity index (χ1) is 15.1. The van der Waals surface area contributed by atoms with Gasteiger partial charge in [-0.3, -0.25) is 4.79 Å². The molecule has 0 aromatic heterocycles. The zero-order valence-corrected chi connectivity index (χ0v) is 18.0. The van der Waals surface area contributed by atoms with Crippen LogP contribution in [0.15, 0.2) is 91.0 Å². The van der Waals surface area contributed by atoms with Crippen molar-refractivity contribution in [2.45, 2.75) is 26.3 Å². The second-order valence-electron chi connectivity index (χ2n) is 7.75. The number of aryl methyl sites for hydroxylation is 1. The van der Waals surface area contributed by atoms with E-state index in [-0.39, 0.29) is 11.8 Å². The van der Waals surface area contributed by atoms with Gasteiger partial charge in [0.1, 0.15) is 5.75 Å². The molecule has 1 atom stereocenters. The minimum absolute atomic E-state index is 0.115. The molecule has 3 nitrogen and oxygen atoms in total. The van der Waals surface area contributed by atoms with Gasteiger partial charge in [-0.1, -0.05) is 66.2 Å². The van der Waals surface area contributed by atoms with Crippen LogP contribution in [0.2, 0.25) is 0 Å². The molecule has 4 rings (SSSR count). The molecule has 0 saturated carbocycles. The average Bonchev–Trinajstić information content (AvgIpc) is 2.80. The Kier molecular flexibility index (Phi) is 6.32. The third-order valence-electron chi connectivity index (χ3n) is 5.45. The summed E-state index contributed by atoms with van der Waals surface area (Å²) in [5, 5.41) is 5.77. The van der Waals surface area contributed by atoms with Crippen molar-refractivity contribution in [2.24, 2.45) is 0 Å². The number of ketones is 1. The highest BCUT2D eigenvalue weighted by Gasteiger charge is 2.18. The molecule has 0 fully saturated rings. The van der Waals surface area contributed by atoms with Crippen LogP contribution in [0, 0.1) is 6.92 Å². The molecule has 0 heterocycles. The summed E-state index contributed by atoms with van der Waals surface area (Å²) in [5.74, 6) is 0.949. The third-order valence-corrected chi connectivity index (χ3v) is 5.45. The van der Waals surface area contributed by atoms with E-state index >= 15 is 0 Å². The SMILES string of the molecule is CCOc1ccc(C(CC(=O)c2ccc3ccccc3c2)Nc2ccc(C)cc2)cc1. The first-order valence-electron chi connectivity index (χ1n) is 10.7. The Morgan fingerprint density at radius 3 is 2.29 bits per heavy atom. The molecule has 3 heteroatoms. The molecule has 1 unspecified atom stereocenters. The Hall–Kier alpha value is -3.59. The molecule has 31 heavy (non-hydrogen) atoms. The Morgan fingerprint density at radius 2 is 1.58 bits per heavy atom. The largest absolute Gasteiger partial charge is 0.494 e. The van der Waals surface area contributed by atoms with Crippen LogP contribution in [-0.2, 0) is 0 Å².